The number of anilines is 1. The molecule has 0 unspecified atom stereocenters. The summed E-state index contributed by atoms with van der Waals surface area (Å²) in [5, 5.41) is 9.97. The van der Waals surface area contributed by atoms with Crippen molar-refractivity contribution in [1.82, 2.24) is 9.97 Å². The molecule has 4 nitrogen and oxygen atoms in total. The second kappa shape index (κ2) is 3.14. The van der Waals surface area contributed by atoms with Gasteiger partial charge in [0, 0.05) is 11.8 Å². The Morgan fingerprint density at radius 3 is 2.86 bits per heavy atom. The summed E-state index contributed by atoms with van der Waals surface area (Å²) in [6, 6.07) is 4.90. The van der Waals surface area contributed by atoms with Crippen molar-refractivity contribution in [2.24, 2.45) is 0 Å². The monoisotopic (exact) mass is 189 g/mol. The van der Waals surface area contributed by atoms with Crippen molar-refractivity contribution < 1.29 is 5.11 Å². The van der Waals surface area contributed by atoms with Crippen LogP contribution in [-0.4, -0.2) is 15.1 Å². The van der Waals surface area contributed by atoms with Crippen molar-refractivity contribution in [2.75, 3.05) is 5.73 Å². The van der Waals surface area contributed by atoms with Gasteiger partial charge in [-0.15, -0.1) is 0 Å². The van der Waals surface area contributed by atoms with Crippen molar-refractivity contribution >= 4 is 16.7 Å². The molecule has 4 heteroatoms. The van der Waals surface area contributed by atoms with Gasteiger partial charge < -0.3 is 10.8 Å². The summed E-state index contributed by atoms with van der Waals surface area (Å²) in [5.74, 6) is 1.32. The molecular weight excluding hydrogens is 178 g/mol. The summed E-state index contributed by atoms with van der Waals surface area (Å²) in [6.07, 6.45) is 0.751. The predicted octanol–water partition coefficient (Wildman–Crippen LogP) is 1.48. The number of hydrogen-bond acceptors (Lipinski definition) is 4. The van der Waals surface area contributed by atoms with Gasteiger partial charge >= 0.3 is 0 Å². The van der Waals surface area contributed by atoms with Crippen molar-refractivity contribution in [3.63, 3.8) is 0 Å². The van der Waals surface area contributed by atoms with E-state index in [1.54, 1.807) is 18.2 Å². The average molecular weight is 189 g/mol. The van der Waals surface area contributed by atoms with E-state index in [1.165, 1.54) is 0 Å². The summed E-state index contributed by atoms with van der Waals surface area (Å²) in [7, 11) is 0. The SMILES string of the molecule is CCc1nc(N)c2cc(O)ccc2n1. The second-order valence-electron chi connectivity index (χ2n) is 3.08. The van der Waals surface area contributed by atoms with Crippen molar-refractivity contribution in [3.05, 3.63) is 24.0 Å². The second-order valence-corrected chi connectivity index (χ2v) is 3.08. The number of aromatic hydroxyl groups is 1. The minimum Gasteiger partial charge on any atom is -0.508 e. The smallest absolute Gasteiger partial charge is 0.135 e. The van der Waals surface area contributed by atoms with E-state index in [1.807, 2.05) is 6.92 Å². The van der Waals surface area contributed by atoms with Crippen molar-refractivity contribution in [3.8, 4) is 5.75 Å². The number of rotatable bonds is 1. The molecule has 1 heterocycles. The first-order valence-electron chi connectivity index (χ1n) is 4.46. The van der Waals surface area contributed by atoms with Crippen LogP contribution in [-0.2, 0) is 6.42 Å². The first-order valence-corrected chi connectivity index (χ1v) is 4.46. The maximum atomic E-state index is 9.27. The Morgan fingerprint density at radius 2 is 2.14 bits per heavy atom. The summed E-state index contributed by atoms with van der Waals surface area (Å²) in [4.78, 5) is 8.41. The largest absolute Gasteiger partial charge is 0.508 e. The van der Waals surface area contributed by atoms with Gasteiger partial charge in [-0.1, -0.05) is 6.92 Å². The van der Waals surface area contributed by atoms with Gasteiger partial charge in [-0.25, -0.2) is 9.97 Å². The van der Waals surface area contributed by atoms with E-state index >= 15 is 0 Å². The lowest BCUT2D eigenvalue weighted by atomic mass is 10.2. The maximum Gasteiger partial charge on any atom is 0.135 e. The maximum absolute atomic E-state index is 9.27. The van der Waals surface area contributed by atoms with Gasteiger partial charge in [0.05, 0.1) is 5.52 Å². The van der Waals surface area contributed by atoms with Gasteiger partial charge in [-0.2, -0.15) is 0 Å². The van der Waals surface area contributed by atoms with Gasteiger partial charge in [-0.05, 0) is 18.2 Å². The Morgan fingerprint density at radius 1 is 1.36 bits per heavy atom. The van der Waals surface area contributed by atoms with Crippen LogP contribution in [0.4, 0.5) is 5.82 Å². The molecule has 14 heavy (non-hydrogen) atoms. The first kappa shape index (κ1) is 8.74. The number of aromatic nitrogens is 2. The number of phenols is 1. The number of benzene rings is 1. The molecule has 0 spiro atoms. The summed E-state index contributed by atoms with van der Waals surface area (Å²) >= 11 is 0. The van der Waals surface area contributed by atoms with E-state index < -0.39 is 0 Å². The number of nitrogen functional groups attached to an aromatic ring is 1. The fourth-order valence-electron chi connectivity index (χ4n) is 1.35. The van der Waals surface area contributed by atoms with Gasteiger partial charge in [0.15, 0.2) is 0 Å². The predicted molar refractivity (Wildman–Crippen MR) is 55.0 cm³/mol. The fourth-order valence-corrected chi connectivity index (χ4v) is 1.35. The molecule has 0 atom stereocenters. The minimum absolute atomic E-state index is 0.178. The van der Waals surface area contributed by atoms with Gasteiger partial charge in [0.1, 0.15) is 17.4 Å². The Balaban J connectivity index is 2.76. The standard InChI is InChI=1S/C10H11N3O/c1-2-9-12-8-4-3-6(14)5-7(8)10(11)13-9/h3-5,14H,2H2,1H3,(H2,11,12,13). The molecule has 1 aromatic heterocycles. The normalized spacial score (nSPS) is 10.6. The zero-order valence-corrected chi connectivity index (χ0v) is 7.86. The third kappa shape index (κ3) is 1.35. The van der Waals surface area contributed by atoms with Gasteiger partial charge in [-0.3, -0.25) is 0 Å². The van der Waals surface area contributed by atoms with Crippen LogP contribution in [0.5, 0.6) is 5.75 Å². The van der Waals surface area contributed by atoms with E-state index in [0.29, 0.717) is 11.2 Å². The lowest BCUT2D eigenvalue weighted by Gasteiger charge is -2.03. The zero-order valence-electron chi connectivity index (χ0n) is 7.86. The molecule has 0 bridgehead atoms. The van der Waals surface area contributed by atoms with E-state index in [4.69, 9.17) is 5.73 Å². The van der Waals surface area contributed by atoms with Crippen LogP contribution in [0.2, 0.25) is 0 Å². The molecule has 0 aliphatic rings. The molecule has 0 fully saturated rings. The number of nitrogens with two attached hydrogens (primary N) is 1. The first-order chi connectivity index (χ1) is 6.70. The molecular formula is C10H11N3O. The molecule has 0 aliphatic carbocycles. The average Bonchev–Trinajstić information content (AvgIpc) is 2.19. The number of nitrogens with zero attached hydrogens (tertiary/aromatic N) is 2. The topological polar surface area (TPSA) is 72.0 Å². The van der Waals surface area contributed by atoms with Crippen LogP contribution in [0.1, 0.15) is 12.7 Å². The van der Waals surface area contributed by atoms with Crippen LogP contribution in [0.15, 0.2) is 18.2 Å². The molecule has 0 radical (unpaired) electrons. The van der Waals surface area contributed by atoms with Crippen LogP contribution in [0, 0.1) is 0 Å². The number of phenolic OH excluding ortho intramolecular Hbond substituents is 1. The lowest BCUT2D eigenvalue weighted by molar-refractivity contribution is 0.476. The molecule has 3 N–H and O–H groups in total. The Kier molecular flexibility index (Phi) is 1.96. The Bertz CT molecular complexity index is 482. The van der Waals surface area contributed by atoms with E-state index in [-0.39, 0.29) is 5.75 Å². The molecule has 0 aliphatic heterocycles. The molecule has 72 valence electrons. The number of hydrogen-bond donors (Lipinski definition) is 2. The number of aryl methyl sites for hydroxylation is 1. The van der Waals surface area contributed by atoms with E-state index in [0.717, 1.165) is 17.8 Å². The third-order valence-electron chi connectivity index (χ3n) is 2.07. The molecule has 0 saturated carbocycles. The Hall–Kier alpha value is -1.84. The third-order valence-corrected chi connectivity index (χ3v) is 2.07. The molecule has 2 rings (SSSR count). The molecule has 0 amide bonds. The molecule has 0 saturated heterocycles. The van der Waals surface area contributed by atoms with Gasteiger partial charge in [0.25, 0.3) is 0 Å². The molecule has 1 aromatic carbocycles. The highest BCUT2D eigenvalue weighted by Gasteiger charge is 2.04. The lowest BCUT2D eigenvalue weighted by Crippen LogP contribution is -1.99. The van der Waals surface area contributed by atoms with Crippen LogP contribution in [0.25, 0.3) is 10.9 Å². The highest BCUT2D eigenvalue weighted by atomic mass is 16.3. The van der Waals surface area contributed by atoms with Crippen molar-refractivity contribution in [1.29, 1.82) is 0 Å². The van der Waals surface area contributed by atoms with E-state index in [2.05, 4.69) is 9.97 Å². The van der Waals surface area contributed by atoms with Crippen molar-refractivity contribution in [2.45, 2.75) is 13.3 Å². The highest BCUT2D eigenvalue weighted by molar-refractivity contribution is 5.89. The molecule has 2 aromatic rings. The summed E-state index contributed by atoms with van der Waals surface area (Å²) in [5.41, 5.74) is 6.51. The van der Waals surface area contributed by atoms with Crippen LogP contribution in [0.3, 0.4) is 0 Å². The summed E-state index contributed by atoms with van der Waals surface area (Å²) in [6.45, 7) is 1.97. The quantitative estimate of drug-likeness (QED) is 0.712. The fraction of sp³-hybridized carbons (Fsp3) is 0.200. The zero-order chi connectivity index (χ0) is 10.1. The van der Waals surface area contributed by atoms with Gasteiger partial charge in [0.2, 0.25) is 0 Å². The number of fused-ring (bicyclic) bond motifs is 1. The Labute approximate surface area is 81.4 Å². The summed E-state index contributed by atoms with van der Waals surface area (Å²) < 4.78 is 0. The highest BCUT2D eigenvalue weighted by Crippen LogP contribution is 2.22. The van der Waals surface area contributed by atoms with E-state index in [9.17, 15) is 5.11 Å². The minimum atomic E-state index is 0.178. The van der Waals surface area contributed by atoms with Crippen LogP contribution >= 0.6 is 0 Å². The van der Waals surface area contributed by atoms with Crippen LogP contribution < -0.4 is 5.73 Å².